The first kappa shape index (κ1) is 19.0. The summed E-state index contributed by atoms with van der Waals surface area (Å²) in [5.74, 6) is -0.186. The van der Waals surface area contributed by atoms with Crippen LogP contribution in [0.25, 0.3) is 0 Å². The van der Waals surface area contributed by atoms with Gasteiger partial charge >= 0.3 is 5.97 Å². The third-order valence-corrected chi connectivity index (χ3v) is 4.42. The zero-order valence-electron chi connectivity index (χ0n) is 14.9. The first-order valence-electron chi connectivity index (χ1n) is 8.73. The molecule has 0 saturated heterocycles. The smallest absolute Gasteiger partial charge is 0.306 e. The van der Waals surface area contributed by atoms with Crippen LogP contribution in [0.1, 0.15) is 48.9 Å². The van der Waals surface area contributed by atoms with Crippen LogP contribution in [0.2, 0.25) is 0 Å². The highest BCUT2D eigenvalue weighted by Gasteiger charge is 2.17. The molecule has 2 rings (SSSR count). The van der Waals surface area contributed by atoms with Gasteiger partial charge in [-0.1, -0.05) is 25.7 Å². The highest BCUT2D eigenvalue weighted by atomic mass is 16.5. The van der Waals surface area contributed by atoms with Gasteiger partial charge in [0.15, 0.2) is 6.61 Å². The lowest BCUT2D eigenvalue weighted by Gasteiger charge is -2.11. The molecule has 0 aliphatic heterocycles. The summed E-state index contributed by atoms with van der Waals surface area (Å²) < 4.78 is 5.02. The number of esters is 1. The van der Waals surface area contributed by atoms with Crippen LogP contribution in [0.4, 0.5) is 5.69 Å². The van der Waals surface area contributed by atoms with Crippen molar-refractivity contribution in [2.24, 2.45) is 5.92 Å². The predicted octanol–water partition coefficient (Wildman–Crippen LogP) is 2.84. The lowest BCUT2D eigenvalue weighted by atomic mass is 10.0. The fourth-order valence-corrected chi connectivity index (χ4v) is 2.99. The van der Waals surface area contributed by atoms with Crippen molar-refractivity contribution in [2.45, 2.75) is 38.5 Å². The molecule has 0 spiro atoms. The molecule has 0 heterocycles. The van der Waals surface area contributed by atoms with Crippen molar-refractivity contribution < 1.29 is 19.1 Å². The number of benzene rings is 1. The number of carbonyl (C=O) groups is 3. The third-order valence-electron chi connectivity index (χ3n) is 4.42. The van der Waals surface area contributed by atoms with Gasteiger partial charge in [-0.3, -0.25) is 14.4 Å². The Morgan fingerprint density at radius 1 is 1.12 bits per heavy atom. The number of ether oxygens (including phenoxy) is 1. The molecule has 6 heteroatoms. The summed E-state index contributed by atoms with van der Waals surface area (Å²) in [6.07, 6.45) is 6.11. The quantitative estimate of drug-likeness (QED) is 0.770. The van der Waals surface area contributed by atoms with Gasteiger partial charge in [0.1, 0.15) is 0 Å². The molecule has 0 atom stereocenters. The van der Waals surface area contributed by atoms with Gasteiger partial charge in [-0.2, -0.15) is 0 Å². The van der Waals surface area contributed by atoms with Gasteiger partial charge in [-0.25, -0.2) is 0 Å². The number of hydrogen-bond donors (Lipinski definition) is 1. The van der Waals surface area contributed by atoms with E-state index in [-0.39, 0.29) is 24.4 Å². The van der Waals surface area contributed by atoms with Gasteiger partial charge in [0.25, 0.3) is 11.8 Å². The van der Waals surface area contributed by atoms with Gasteiger partial charge in [0, 0.05) is 31.8 Å². The molecular weight excluding hydrogens is 320 g/mol. The molecule has 136 valence electrons. The minimum atomic E-state index is -0.388. The maximum absolute atomic E-state index is 11.8. The Morgan fingerprint density at radius 2 is 1.76 bits per heavy atom. The van der Waals surface area contributed by atoms with E-state index in [2.05, 4.69) is 5.32 Å². The van der Waals surface area contributed by atoms with Crippen LogP contribution in [0, 0.1) is 5.92 Å². The Morgan fingerprint density at radius 3 is 2.36 bits per heavy atom. The van der Waals surface area contributed by atoms with E-state index in [1.165, 1.54) is 30.6 Å². The van der Waals surface area contributed by atoms with Crippen LogP contribution in [0.15, 0.2) is 24.3 Å². The Balaban J connectivity index is 1.70. The third kappa shape index (κ3) is 6.21. The molecule has 1 aromatic carbocycles. The summed E-state index contributed by atoms with van der Waals surface area (Å²) in [6.45, 7) is -0.290. The summed E-state index contributed by atoms with van der Waals surface area (Å²) >= 11 is 0. The van der Waals surface area contributed by atoms with Crippen molar-refractivity contribution in [3.8, 4) is 0 Å². The van der Waals surface area contributed by atoms with Crippen LogP contribution < -0.4 is 5.32 Å². The molecule has 0 radical (unpaired) electrons. The molecular formula is C19H26N2O4. The maximum atomic E-state index is 11.8. The highest BCUT2D eigenvalue weighted by molar-refractivity contribution is 5.96. The second-order valence-electron chi connectivity index (χ2n) is 6.67. The number of amides is 2. The summed E-state index contributed by atoms with van der Waals surface area (Å²) in [7, 11) is 3.36. The molecule has 1 N–H and O–H groups in total. The minimum Gasteiger partial charge on any atom is -0.456 e. The molecule has 1 aromatic rings. The van der Waals surface area contributed by atoms with Crippen LogP contribution >= 0.6 is 0 Å². The van der Waals surface area contributed by atoms with E-state index >= 15 is 0 Å². The molecule has 0 unspecified atom stereocenters. The maximum Gasteiger partial charge on any atom is 0.306 e. The van der Waals surface area contributed by atoms with E-state index in [1.807, 2.05) is 0 Å². The van der Waals surface area contributed by atoms with E-state index in [4.69, 9.17) is 4.74 Å². The lowest BCUT2D eigenvalue weighted by molar-refractivity contribution is -0.147. The van der Waals surface area contributed by atoms with E-state index in [0.717, 1.165) is 6.42 Å². The highest BCUT2D eigenvalue weighted by Crippen LogP contribution is 2.28. The molecule has 2 amide bonds. The monoisotopic (exact) mass is 346 g/mol. The Hall–Kier alpha value is -2.37. The second-order valence-corrected chi connectivity index (χ2v) is 6.67. The SMILES string of the molecule is CN(C)C(=O)c1ccc(NC(=O)COC(=O)CCC2CCCC2)cc1. The zero-order valence-corrected chi connectivity index (χ0v) is 14.9. The largest absolute Gasteiger partial charge is 0.456 e. The average Bonchev–Trinajstić information content (AvgIpc) is 3.11. The van der Waals surface area contributed by atoms with Crippen molar-refractivity contribution >= 4 is 23.5 Å². The Bertz CT molecular complexity index is 604. The number of hydrogen-bond acceptors (Lipinski definition) is 4. The zero-order chi connectivity index (χ0) is 18.2. The number of anilines is 1. The van der Waals surface area contributed by atoms with Crippen molar-refractivity contribution in [2.75, 3.05) is 26.0 Å². The van der Waals surface area contributed by atoms with E-state index < -0.39 is 0 Å². The number of nitrogens with one attached hydrogen (secondary N) is 1. The normalized spacial score (nSPS) is 14.2. The van der Waals surface area contributed by atoms with Gasteiger partial charge in [-0.05, 0) is 36.6 Å². The van der Waals surface area contributed by atoms with E-state index in [1.54, 1.807) is 38.4 Å². The summed E-state index contributed by atoms with van der Waals surface area (Å²) in [6, 6.07) is 6.59. The Labute approximate surface area is 148 Å². The van der Waals surface area contributed by atoms with Gasteiger partial charge in [0.2, 0.25) is 0 Å². The first-order chi connectivity index (χ1) is 12.0. The van der Waals surface area contributed by atoms with Crippen molar-refractivity contribution in [1.82, 2.24) is 4.90 Å². The molecule has 1 saturated carbocycles. The molecule has 0 aromatic heterocycles. The van der Waals surface area contributed by atoms with Crippen molar-refractivity contribution in [3.63, 3.8) is 0 Å². The van der Waals surface area contributed by atoms with Crippen LogP contribution in [-0.4, -0.2) is 43.4 Å². The second kappa shape index (κ2) is 9.20. The van der Waals surface area contributed by atoms with Crippen LogP contribution in [0.5, 0.6) is 0 Å². The first-order valence-corrected chi connectivity index (χ1v) is 8.73. The topological polar surface area (TPSA) is 75.7 Å². The van der Waals surface area contributed by atoms with Gasteiger partial charge < -0.3 is 15.0 Å². The summed E-state index contributed by atoms with van der Waals surface area (Å²) in [5, 5.41) is 2.65. The van der Waals surface area contributed by atoms with Crippen LogP contribution in [-0.2, 0) is 14.3 Å². The number of carbonyl (C=O) groups excluding carboxylic acids is 3. The fraction of sp³-hybridized carbons (Fsp3) is 0.526. The number of rotatable bonds is 7. The van der Waals surface area contributed by atoms with Gasteiger partial charge in [0.05, 0.1) is 0 Å². The van der Waals surface area contributed by atoms with Gasteiger partial charge in [-0.15, -0.1) is 0 Å². The fourth-order valence-electron chi connectivity index (χ4n) is 2.99. The van der Waals surface area contributed by atoms with Crippen LogP contribution in [0.3, 0.4) is 0 Å². The molecule has 1 aliphatic carbocycles. The van der Waals surface area contributed by atoms with Crippen molar-refractivity contribution in [3.05, 3.63) is 29.8 Å². The molecule has 1 fully saturated rings. The minimum absolute atomic E-state index is 0.103. The van der Waals surface area contributed by atoms with E-state index in [9.17, 15) is 14.4 Å². The standard InChI is InChI=1S/C19H26N2O4/c1-21(2)19(24)15-8-10-16(11-9-15)20-17(22)13-25-18(23)12-7-14-5-3-4-6-14/h8-11,14H,3-7,12-13H2,1-2H3,(H,20,22). The average molecular weight is 346 g/mol. The Kier molecular flexibility index (Phi) is 6.98. The predicted molar refractivity (Wildman–Crippen MR) is 95.2 cm³/mol. The lowest BCUT2D eigenvalue weighted by Crippen LogP contribution is -2.22. The summed E-state index contributed by atoms with van der Waals surface area (Å²) in [4.78, 5) is 36.8. The molecule has 0 bridgehead atoms. The molecule has 6 nitrogen and oxygen atoms in total. The molecule has 1 aliphatic rings. The van der Waals surface area contributed by atoms with Crippen molar-refractivity contribution in [1.29, 1.82) is 0 Å². The van der Waals surface area contributed by atoms with E-state index in [0.29, 0.717) is 23.6 Å². The summed E-state index contributed by atoms with van der Waals surface area (Å²) in [5.41, 5.74) is 1.10. The molecule has 25 heavy (non-hydrogen) atoms. The number of nitrogens with zero attached hydrogens (tertiary/aromatic N) is 1.